The van der Waals surface area contributed by atoms with Crippen molar-refractivity contribution < 1.29 is 4.79 Å². The molecule has 1 unspecified atom stereocenters. The summed E-state index contributed by atoms with van der Waals surface area (Å²) >= 11 is 3.33. The van der Waals surface area contributed by atoms with Crippen LogP contribution in [0.2, 0.25) is 0 Å². The Morgan fingerprint density at radius 3 is 2.29 bits per heavy atom. The second-order valence-corrected chi connectivity index (χ2v) is 4.35. The van der Waals surface area contributed by atoms with Crippen LogP contribution >= 0.6 is 15.9 Å². The van der Waals surface area contributed by atoms with Gasteiger partial charge in [0.25, 0.3) is 0 Å². The van der Waals surface area contributed by atoms with Crippen LogP contribution in [0.4, 0.5) is 0 Å². The van der Waals surface area contributed by atoms with Gasteiger partial charge >= 0.3 is 0 Å². The first-order chi connectivity index (χ1) is 6.52. The fourth-order valence-corrected chi connectivity index (χ4v) is 1.35. The standard InChI is InChI=1S/C12H13BrO/c1-8(2)9(3)12(14)10-4-6-11(13)7-5-10/h4-7,9H,1H2,2-3H3. The van der Waals surface area contributed by atoms with E-state index in [0.717, 1.165) is 15.6 Å². The van der Waals surface area contributed by atoms with Gasteiger partial charge in [-0.3, -0.25) is 4.79 Å². The van der Waals surface area contributed by atoms with Crippen molar-refractivity contribution >= 4 is 21.7 Å². The predicted octanol–water partition coefficient (Wildman–Crippen LogP) is 3.84. The van der Waals surface area contributed by atoms with Crippen LogP contribution in [0.1, 0.15) is 24.2 Å². The van der Waals surface area contributed by atoms with Crippen molar-refractivity contribution in [1.82, 2.24) is 0 Å². The highest BCUT2D eigenvalue weighted by Crippen LogP contribution is 2.17. The third kappa shape index (κ3) is 2.55. The molecule has 0 fully saturated rings. The van der Waals surface area contributed by atoms with Gasteiger partial charge in [-0.25, -0.2) is 0 Å². The summed E-state index contributed by atoms with van der Waals surface area (Å²) in [5, 5.41) is 0. The molecule has 0 spiro atoms. The number of allylic oxidation sites excluding steroid dienone is 1. The van der Waals surface area contributed by atoms with Gasteiger partial charge in [-0.2, -0.15) is 0 Å². The van der Waals surface area contributed by atoms with Crippen LogP contribution < -0.4 is 0 Å². The first-order valence-electron chi connectivity index (χ1n) is 4.47. The van der Waals surface area contributed by atoms with E-state index in [0.29, 0.717) is 0 Å². The van der Waals surface area contributed by atoms with E-state index in [9.17, 15) is 4.79 Å². The average Bonchev–Trinajstić information content (AvgIpc) is 2.16. The minimum atomic E-state index is -0.101. The van der Waals surface area contributed by atoms with Gasteiger partial charge in [0, 0.05) is 16.0 Å². The Hall–Kier alpha value is -0.890. The molecule has 0 aliphatic rings. The Balaban J connectivity index is 2.90. The molecular weight excluding hydrogens is 240 g/mol. The van der Waals surface area contributed by atoms with E-state index >= 15 is 0 Å². The maximum Gasteiger partial charge on any atom is 0.169 e. The third-order valence-corrected chi connectivity index (χ3v) is 2.79. The normalized spacial score (nSPS) is 12.2. The van der Waals surface area contributed by atoms with Crippen molar-refractivity contribution in [2.75, 3.05) is 0 Å². The zero-order chi connectivity index (χ0) is 10.7. The molecule has 0 heterocycles. The van der Waals surface area contributed by atoms with E-state index in [-0.39, 0.29) is 11.7 Å². The van der Waals surface area contributed by atoms with Crippen molar-refractivity contribution in [2.24, 2.45) is 5.92 Å². The third-order valence-electron chi connectivity index (χ3n) is 2.26. The molecular formula is C12H13BrO. The van der Waals surface area contributed by atoms with Gasteiger partial charge in [-0.05, 0) is 19.1 Å². The molecule has 1 nitrogen and oxygen atoms in total. The molecule has 0 aliphatic heterocycles. The molecule has 0 amide bonds. The number of rotatable bonds is 3. The molecule has 0 aliphatic carbocycles. The molecule has 14 heavy (non-hydrogen) atoms. The van der Waals surface area contributed by atoms with Gasteiger partial charge in [0.1, 0.15) is 0 Å². The number of hydrogen-bond donors (Lipinski definition) is 0. The smallest absolute Gasteiger partial charge is 0.169 e. The van der Waals surface area contributed by atoms with Crippen molar-refractivity contribution in [3.8, 4) is 0 Å². The molecule has 0 radical (unpaired) electrons. The van der Waals surface area contributed by atoms with Gasteiger partial charge in [0.05, 0.1) is 0 Å². The van der Waals surface area contributed by atoms with Crippen LogP contribution in [0.3, 0.4) is 0 Å². The molecule has 1 aromatic rings. The highest BCUT2D eigenvalue weighted by molar-refractivity contribution is 9.10. The SMILES string of the molecule is C=C(C)C(C)C(=O)c1ccc(Br)cc1. The largest absolute Gasteiger partial charge is 0.294 e. The molecule has 0 N–H and O–H groups in total. The molecule has 2 heteroatoms. The maximum absolute atomic E-state index is 11.8. The second kappa shape index (κ2) is 4.56. The lowest BCUT2D eigenvalue weighted by Crippen LogP contribution is -2.11. The van der Waals surface area contributed by atoms with Crippen molar-refractivity contribution in [1.29, 1.82) is 0 Å². The average molecular weight is 253 g/mol. The van der Waals surface area contributed by atoms with Crippen molar-refractivity contribution in [3.05, 3.63) is 46.5 Å². The topological polar surface area (TPSA) is 17.1 Å². The summed E-state index contributed by atoms with van der Waals surface area (Å²) in [5.74, 6) is 0.0289. The monoisotopic (exact) mass is 252 g/mol. The molecule has 0 saturated heterocycles. The zero-order valence-corrected chi connectivity index (χ0v) is 9.97. The number of ketones is 1. The lowest BCUT2D eigenvalue weighted by Gasteiger charge is -2.09. The fourth-order valence-electron chi connectivity index (χ4n) is 1.09. The number of Topliss-reactive ketones (excluding diaryl/α,β-unsaturated/α-hetero) is 1. The summed E-state index contributed by atoms with van der Waals surface area (Å²) in [6, 6.07) is 7.40. The minimum absolute atomic E-state index is 0.101. The molecule has 1 rings (SSSR count). The van der Waals surface area contributed by atoms with Crippen LogP contribution in [0.15, 0.2) is 40.9 Å². The van der Waals surface area contributed by atoms with Gasteiger partial charge in [0.15, 0.2) is 5.78 Å². The first-order valence-corrected chi connectivity index (χ1v) is 5.27. The summed E-state index contributed by atoms with van der Waals surface area (Å²) in [6.07, 6.45) is 0. The van der Waals surface area contributed by atoms with Crippen LogP contribution in [-0.4, -0.2) is 5.78 Å². The van der Waals surface area contributed by atoms with E-state index in [1.807, 2.05) is 38.1 Å². The highest BCUT2D eigenvalue weighted by atomic mass is 79.9. The van der Waals surface area contributed by atoms with Crippen LogP contribution in [0, 0.1) is 5.92 Å². The Bertz CT molecular complexity index is 351. The van der Waals surface area contributed by atoms with Crippen molar-refractivity contribution in [2.45, 2.75) is 13.8 Å². The second-order valence-electron chi connectivity index (χ2n) is 3.44. The fraction of sp³-hybridized carbons (Fsp3) is 0.250. The van der Waals surface area contributed by atoms with Gasteiger partial charge in [0.2, 0.25) is 0 Å². The number of carbonyl (C=O) groups is 1. The maximum atomic E-state index is 11.8. The first kappa shape index (κ1) is 11.2. The minimum Gasteiger partial charge on any atom is -0.294 e. The van der Waals surface area contributed by atoms with E-state index in [4.69, 9.17) is 0 Å². The summed E-state index contributed by atoms with van der Waals surface area (Å²) in [7, 11) is 0. The summed E-state index contributed by atoms with van der Waals surface area (Å²) in [4.78, 5) is 11.8. The molecule has 74 valence electrons. The lowest BCUT2D eigenvalue weighted by atomic mass is 9.94. The Morgan fingerprint density at radius 1 is 1.36 bits per heavy atom. The summed E-state index contributed by atoms with van der Waals surface area (Å²) < 4.78 is 0.983. The number of carbonyl (C=O) groups excluding carboxylic acids is 1. The highest BCUT2D eigenvalue weighted by Gasteiger charge is 2.14. The Morgan fingerprint density at radius 2 is 1.86 bits per heavy atom. The van der Waals surface area contributed by atoms with E-state index in [1.54, 1.807) is 0 Å². The quantitative estimate of drug-likeness (QED) is 0.590. The van der Waals surface area contributed by atoms with Crippen LogP contribution in [0.5, 0.6) is 0 Å². The molecule has 1 aromatic carbocycles. The van der Waals surface area contributed by atoms with E-state index in [2.05, 4.69) is 22.5 Å². The molecule has 0 aromatic heterocycles. The molecule has 0 saturated carbocycles. The number of hydrogen-bond acceptors (Lipinski definition) is 1. The number of benzene rings is 1. The lowest BCUT2D eigenvalue weighted by molar-refractivity contribution is 0.0948. The van der Waals surface area contributed by atoms with E-state index < -0.39 is 0 Å². The summed E-state index contributed by atoms with van der Waals surface area (Å²) in [5.41, 5.74) is 1.64. The van der Waals surface area contributed by atoms with Crippen LogP contribution in [0.25, 0.3) is 0 Å². The van der Waals surface area contributed by atoms with Crippen molar-refractivity contribution in [3.63, 3.8) is 0 Å². The van der Waals surface area contributed by atoms with Gasteiger partial charge < -0.3 is 0 Å². The number of halogens is 1. The molecule has 0 bridgehead atoms. The van der Waals surface area contributed by atoms with Crippen LogP contribution in [-0.2, 0) is 0 Å². The molecule has 1 atom stereocenters. The van der Waals surface area contributed by atoms with Gasteiger partial charge in [-0.1, -0.05) is 47.1 Å². The Kier molecular flexibility index (Phi) is 3.64. The predicted molar refractivity (Wildman–Crippen MR) is 62.5 cm³/mol. The zero-order valence-electron chi connectivity index (χ0n) is 8.38. The Labute approximate surface area is 93.0 Å². The van der Waals surface area contributed by atoms with Gasteiger partial charge in [-0.15, -0.1) is 0 Å². The summed E-state index contributed by atoms with van der Waals surface area (Å²) in [6.45, 7) is 7.55. The van der Waals surface area contributed by atoms with E-state index in [1.165, 1.54) is 0 Å².